The third-order valence-corrected chi connectivity index (χ3v) is 3.90. The lowest BCUT2D eigenvalue weighted by molar-refractivity contribution is 0.295. The fourth-order valence-corrected chi connectivity index (χ4v) is 2.69. The molecule has 0 bridgehead atoms. The number of fused-ring (bicyclic) bond motifs is 3. The number of aromatic nitrogens is 2. The first-order chi connectivity index (χ1) is 10.8. The summed E-state index contributed by atoms with van der Waals surface area (Å²) in [5.41, 5.74) is 3.01. The number of benzene rings is 1. The highest BCUT2D eigenvalue weighted by Crippen LogP contribution is 2.25. The van der Waals surface area contributed by atoms with Gasteiger partial charge >= 0.3 is 0 Å². The monoisotopic (exact) mass is 294 g/mol. The number of hydrogen-bond acceptors (Lipinski definition) is 3. The highest BCUT2D eigenvalue weighted by molar-refractivity contribution is 6.04. The van der Waals surface area contributed by atoms with Crippen molar-refractivity contribution < 1.29 is 4.74 Å². The van der Waals surface area contributed by atoms with Crippen LogP contribution >= 0.6 is 0 Å². The average Bonchev–Trinajstić information content (AvgIpc) is 2.54. The van der Waals surface area contributed by atoms with Crippen molar-refractivity contribution in [3.63, 3.8) is 0 Å². The molecule has 1 aromatic carbocycles. The summed E-state index contributed by atoms with van der Waals surface area (Å²) < 4.78 is 5.77. The topological polar surface area (TPSA) is 35.0 Å². The molecule has 2 heterocycles. The number of unbranched alkanes of at least 4 members (excludes halogenated alkanes) is 3. The smallest absolute Gasteiger partial charge is 0.213 e. The van der Waals surface area contributed by atoms with Crippen LogP contribution in [0.2, 0.25) is 0 Å². The van der Waals surface area contributed by atoms with E-state index in [9.17, 15) is 0 Å². The molecule has 0 saturated heterocycles. The van der Waals surface area contributed by atoms with Gasteiger partial charge in [-0.05, 0) is 37.6 Å². The third kappa shape index (κ3) is 3.19. The molecule has 3 heteroatoms. The van der Waals surface area contributed by atoms with Gasteiger partial charge in [-0.1, -0.05) is 32.3 Å². The second-order valence-corrected chi connectivity index (χ2v) is 5.71. The molecule has 0 aliphatic heterocycles. The maximum Gasteiger partial charge on any atom is 0.213 e. The highest BCUT2D eigenvalue weighted by atomic mass is 16.5. The maximum atomic E-state index is 5.77. The molecule has 0 fully saturated rings. The van der Waals surface area contributed by atoms with Crippen LogP contribution in [0.25, 0.3) is 21.8 Å². The van der Waals surface area contributed by atoms with Gasteiger partial charge in [-0.15, -0.1) is 0 Å². The van der Waals surface area contributed by atoms with Crippen LogP contribution < -0.4 is 4.74 Å². The Hall–Kier alpha value is -2.16. The van der Waals surface area contributed by atoms with Crippen LogP contribution in [0, 0.1) is 6.92 Å². The van der Waals surface area contributed by atoms with E-state index in [4.69, 9.17) is 4.74 Å². The number of rotatable bonds is 6. The van der Waals surface area contributed by atoms with Gasteiger partial charge in [-0.3, -0.25) is 4.98 Å². The summed E-state index contributed by atoms with van der Waals surface area (Å²) in [6.07, 6.45) is 4.83. The van der Waals surface area contributed by atoms with Crippen LogP contribution in [-0.2, 0) is 0 Å². The summed E-state index contributed by atoms with van der Waals surface area (Å²) in [6.45, 7) is 4.97. The zero-order chi connectivity index (χ0) is 15.4. The fourth-order valence-electron chi connectivity index (χ4n) is 2.69. The van der Waals surface area contributed by atoms with Crippen LogP contribution in [0.4, 0.5) is 0 Å². The van der Waals surface area contributed by atoms with Gasteiger partial charge in [0.15, 0.2) is 0 Å². The molecule has 22 heavy (non-hydrogen) atoms. The second kappa shape index (κ2) is 6.73. The van der Waals surface area contributed by atoms with Crippen molar-refractivity contribution in [2.45, 2.75) is 39.5 Å². The van der Waals surface area contributed by atoms with Crippen LogP contribution in [-0.4, -0.2) is 16.6 Å². The molecule has 0 radical (unpaired) electrons. The molecule has 0 amide bonds. The predicted molar refractivity (Wildman–Crippen MR) is 91.4 cm³/mol. The molecule has 3 rings (SSSR count). The van der Waals surface area contributed by atoms with Crippen LogP contribution in [0.3, 0.4) is 0 Å². The molecule has 114 valence electrons. The largest absolute Gasteiger partial charge is 0.478 e. The fraction of sp³-hybridized carbons (Fsp3) is 0.368. The normalized spacial score (nSPS) is 11.2. The summed E-state index contributed by atoms with van der Waals surface area (Å²) >= 11 is 0. The molecule has 0 N–H and O–H groups in total. The Balaban J connectivity index is 1.81. The van der Waals surface area contributed by atoms with Crippen molar-refractivity contribution in [1.82, 2.24) is 9.97 Å². The van der Waals surface area contributed by atoms with Gasteiger partial charge < -0.3 is 4.74 Å². The zero-order valence-electron chi connectivity index (χ0n) is 13.3. The van der Waals surface area contributed by atoms with E-state index >= 15 is 0 Å². The van der Waals surface area contributed by atoms with Crippen LogP contribution in [0.15, 0.2) is 36.4 Å². The summed E-state index contributed by atoms with van der Waals surface area (Å²) in [5, 5.41) is 2.27. The standard InChI is InChI=1S/C19H22N2O/c1-3-4-5-6-13-22-19-12-9-16-15-8-7-14(2)20-17(15)10-11-18(16)21-19/h7-12H,3-6,13H2,1-2H3. The minimum atomic E-state index is 0.711. The van der Waals surface area contributed by atoms with E-state index in [0.717, 1.165) is 40.5 Å². The highest BCUT2D eigenvalue weighted by Gasteiger charge is 2.05. The van der Waals surface area contributed by atoms with Crippen molar-refractivity contribution in [3.8, 4) is 5.88 Å². The van der Waals surface area contributed by atoms with Gasteiger partial charge in [-0.25, -0.2) is 4.98 Å². The molecular weight excluding hydrogens is 272 g/mol. The maximum absolute atomic E-state index is 5.77. The Bertz CT molecular complexity index is 783. The van der Waals surface area contributed by atoms with Gasteiger partial charge in [0, 0.05) is 22.5 Å². The van der Waals surface area contributed by atoms with Gasteiger partial charge in [0.2, 0.25) is 5.88 Å². The number of hydrogen-bond donors (Lipinski definition) is 0. The van der Waals surface area contributed by atoms with E-state index < -0.39 is 0 Å². The summed E-state index contributed by atoms with van der Waals surface area (Å²) in [5.74, 6) is 0.711. The first kappa shape index (κ1) is 14.8. The lowest BCUT2D eigenvalue weighted by Gasteiger charge is -2.08. The Morgan fingerprint density at radius 2 is 1.55 bits per heavy atom. The molecule has 3 nitrogen and oxygen atoms in total. The Labute approximate surface area is 131 Å². The molecule has 3 aromatic rings. The lowest BCUT2D eigenvalue weighted by atomic mass is 10.1. The molecule has 0 aliphatic carbocycles. The van der Waals surface area contributed by atoms with Crippen LogP contribution in [0.1, 0.15) is 38.3 Å². The number of pyridine rings is 2. The van der Waals surface area contributed by atoms with Crippen molar-refractivity contribution in [1.29, 1.82) is 0 Å². The first-order valence-electron chi connectivity index (χ1n) is 8.08. The van der Waals surface area contributed by atoms with Gasteiger partial charge in [0.1, 0.15) is 0 Å². The number of ether oxygens (including phenoxy) is 1. The van der Waals surface area contributed by atoms with Crippen molar-refractivity contribution in [2.75, 3.05) is 6.61 Å². The molecule has 0 saturated carbocycles. The average molecular weight is 294 g/mol. The lowest BCUT2D eigenvalue weighted by Crippen LogP contribution is -1.99. The summed E-state index contributed by atoms with van der Waals surface area (Å²) in [4.78, 5) is 9.18. The van der Waals surface area contributed by atoms with Crippen LogP contribution in [0.5, 0.6) is 5.88 Å². The SMILES string of the molecule is CCCCCCOc1ccc2c(ccc3nc(C)ccc32)n1. The van der Waals surface area contributed by atoms with E-state index in [1.54, 1.807) is 0 Å². The summed E-state index contributed by atoms with van der Waals surface area (Å²) in [6, 6.07) is 12.3. The van der Waals surface area contributed by atoms with Gasteiger partial charge in [-0.2, -0.15) is 0 Å². The molecule has 0 unspecified atom stereocenters. The Morgan fingerprint density at radius 3 is 2.32 bits per heavy atom. The first-order valence-corrected chi connectivity index (χ1v) is 8.08. The van der Waals surface area contributed by atoms with E-state index in [-0.39, 0.29) is 0 Å². The Kier molecular flexibility index (Phi) is 4.52. The van der Waals surface area contributed by atoms with Gasteiger partial charge in [0.05, 0.1) is 17.6 Å². The number of aryl methyl sites for hydroxylation is 1. The molecule has 0 aliphatic rings. The molecular formula is C19H22N2O. The summed E-state index contributed by atoms with van der Waals surface area (Å²) in [7, 11) is 0. The van der Waals surface area contributed by atoms with Gasteiger partial charge in [0.25, 0.3) is 0 Å². The van der Waals surface area contributed by atoms with E-state index in [2.05, 4.69) is 29.0 Å². The van der Waals surface area contributed by atoms with E-state index in [1.165, 1.54) is 19.3 Å². The molecule has 2 aromatic heterocycles. The van der Waals surface area contributed by atoms with Crippen molar-refractivity contribution in [3.05, 3.63) is 42.1 Å². The molecule has 0 atom stereocenters. The predicted octanol–water partition coefficient (Wildman–Crippen LogP) is 5.05. The zero-order valence-corrected chi connectivity index (χ0v) is 13.3. The third-order valence-electron chi connectivity index (χ3n) is 3.90. The van der Waals surface area contributed by atoms with E-state index in [0.29, 0.717) is 5.88 Å². The molecule has 0 spiro atoms. The minimum Gasteiger partial charge on any atom is -0.478 e. The quantitative estimate of drug-likeness (QED) is 0.471. The second-order valence-electron chi connectivity index (χ2n) is 5.71. The Morgan fingerprint density at radius 1 is 0.818 bits per heavy atom. The van der Waals surface area contributed by atoms with Crippen molar-refractivity contribution >= 4 is 21.8 Å². The minimum absolute atomic E-state index is 0.711. The van der Waals surface area contributed by atoms with E-state index in [1.807, 2.05) is 31.2 Å². The van der Waals surface area contributed by atoms with Crippen molar-refractivity contribution in [2.24, 2.45) is 0 Å². The number of nitrogens with zero attached hydrogens (tertiary/aromatic N) is 2.